The molecular formula is C25H26ClF2N5O2. The van der Waals surface area contributed by atoms with Crippen molar-refractivity contribution in [1.82, 2.24) is 20.1 Å². The van der Waals surface area contributed by atoms with E-state index in [2.05, 4.69) is 20.7 Å². The zero-order valence-corrected chi connectivity index (χ0v) is 20.1. The molecule has 2 aromatic heterocycles. The summed E-state index contributed by atoms with van der Waals surface area (Å²) in [5.74, 6) is -4.10. The van der Waals surface area contributed by atoms with Gasteiger partial charge >= 0.3 is 0 Å². The minimum Gasteiger partial charge on any atom is -0.339 e. The molecule has 2 heterocycles. The van der Waals surface area contributed by atoms with Gasteiger partial charge in [0.15, 0.2) is 0 Å². The first kappa shape index (κ1) is 24.8. The van der Waals surface area contributed by atoms with Crippen molar-refractivity contribution in [3.8, 4) is 11.1 Å². The van der Waals surface area contributed by atoms with Crippen molar-refractivity contribution >= 4 is 29.1 Å². The largest absolute Gasteiger partial charge is 0.339 e. The van der Waals surface area contributed by atoms with Gasteiger partial charge in [0.25, 0.3) is 5.91 Å². The number of carbonyl (C=O) groups excluding carboxylic acids is 2. The highest BCUT2D eigenvalue weighted by Gasteiger charge is 2.40. The second-order valence-corrected chi connectivity index (χ2v) is 9.21. The molecule has 0 aliphatic heterocycles. The van der Waals surface area contributed by atoms with Gasteiger partial charge in [0, 0.05) is 49.2 Å². The molecule has 0 saturated heterocycles. The number of hydrogen-bond donors (Lipinski definition) is 2. The second kappa shape index (κ2) is 10.1. The molecule has 1 aliphatic carbocycles. The van der Waals surface area contributed by atoms with Crippen molar-refractivity contribution in [3.05, 3.63) is 65.2 Å². The first-order valence-electron chi connectivity index (χ1n) is 11.3. The van der Waals surface area contributed by atoms with E-state index < -0.39 is 29.7 Å². The number of halogens is 3. The molecule has 3 aromatic rings. The van der Waals surface area contributed by atoms with Crippen LogP contribution in [0.5, 0.6) is 0 Å². The van der Waals surface area contributed by atoms with Gasteiger partial charge in [0.2, 0.25) is 11.8 Å². The van der Waals surface area contributed by atoms with Crippen LogP contribution in [0, 0.1) is 12.8 Å². The predicted molar refractivity (Wildman–Crippen MR) is 129 cm³/mol. The molecule has 4 rings (SSSR count). The van der Waals surface area contributed by atoms with E-state index in [1.807, 2.05) is 19.1 Å². The molecule has 7 nitrogen and oxygen atoms in total. The van der Waals surface area contributed by atoms with Crippen molar-refractivity contribution in [1.29, 1.82) is 0 Å². The number of benzene rings is 1. The van der Waals surface area contributed by atoms with E-state index in [1.165, 1.54) is 16.9 Å². The summed E-state index contributed by atoms with van der Waals surface area (Å²) >= 11 is 6.33. The summed E-state index contributed by atoms with van der Waals surface area (Å²) in [5.41, 5.74) is 3.21. The Bertz CT molecular complexity index is 1200. The van der Waals surface area contributed by atoms with E-state index in [1.54, 1.807) is 31.4 Å². The number of amides is 2. The van der Waals surface area contributed by atoms with E-state index in [4.69, 9.17) is 11.6 Å². The van der Waals surface area contributed by atoms with Gasteiger partial charge in [0.05, 0.1) is 5.02 Å². The van der Waals surface area contributed by atoms with Gasteiger partial charge in [-0.2, -0.15) is 5.10 Å². The van der Waals surface area contributed by atoms with Gasteiger partial charge in [-0.05, 0) is 55.5 Å². The Morgan fingerprint density at radius 2 is 1.80 bits per heavy atom. The van der Waals surface area contributed by atoms with Crippen LogP contribution in [0.4, 0.5) is 14.5 Å². The summed E-state index contributed by atoms with van der Waals surface area (Å²) in [4.78, 5) is 30.3. The number of carbonyl (C=O) groups is 2. The molecular weight excluding hydrogens is 476 g/mol. The number of aromatic nitrogens is 3. The highest BCUT2D eigenvalue weighted by Crippen LogP contribution is 2.38. The lowest BCUT2D eigenvalue weighted by atomic mass is 9.81. The van der Waals surface area contributed by atoms with Crippen LogP contribution in [0.25, 0.3) is 11.1 Å². The Kier molecular flexibility index (Phi) is 7.16. The predicted octanol–water partition coefficient (Wildman–Crippen LogP) is 5.01. The highest BCUT2D eigenvalue weighted by molar-refractivity contribution is 6.33. The highest BCUT2D eigenvalue weighted by atomic mass is 35.5. The zero-order chi connectivity index (χ0) is 25.2. The standard InChI is InChI=1S/C25H26ClF2N5O2/c1-15-21(19(26)9-13-29-15)16-3-5-18(6-4-16)31-24(35)22(17-7-11-25(27,28)12-8-17)32-23(34)20-10-14-30-33(20)2/h3-6,9-10,13-14,17,22H,7-8,11-12H2,1-2H3,(H,31,35)(H,32,34)/t22-/m0/s1. The van der Waals surface area contributed by atoms with E-state index >= 15 is 0 Å². The number of hydrogen-bond acceptors (Lipinski definition) is 4. The van der Waals surface area contributed by atoms with Gasteiger partial charge in [-0.3, -0.25) is 19.3 Å². The van der Waals surface area contributed by atoms with Crippen LogP contribution in [0.3, 0.4) is 0 Å². The van der Waals surface area contributed by atoms with E-state index in [0.717, 1.165) is 16.8 Å². The Balaban J connectivity index is 1.52. The monoisotopic (exact) mass is 501 g/mol. The first-order chi connectivity index (χ1) is 16.6. The molecule has 184 valence electrons. The molecule has 1 aliphatic rings. The number of nitrogens with zero attached hydrogens (tertiary/aromatic N) is 3. The number of aryl methyl sites for hydroxylation is 2. The van der Waals surface area contributed by atoms with Crippen LogP contribution >= 0.6 is 11.6 Å². The molecule has 0 radical (unpaired) electrons. The second-order valence-electron chi connectivity index (χ2n) is 8.80. The Morgan fingerprint density at radius 1 is 1.11 bits per heavy atom. The molecule has 1 atom stereocenters. The molecule has 1 saturated carbocycles. The normalized spacial score (nSPS) is 16.5. The topological polar surface area (TPSA) is 88.9 Å². The summed E-state index contributed by atoms with van der Waals surface area (Å²) in [6.45, 7) is 1.86. The van der Waals surface area contributed by atoms with Crippen LogP contribution in [-0.2, 0) is 11.8 Å². The van der Waals surface area contributed by atoms with Crippen molar-refractivity contribution < 1.29 is 18.4 Å². The summed E-state index contributed by atoms with van der Waals surface area (Å²) in [6, 6.07) is 9.36. The lowest BCUT2D eigenvalue weighted by Crippen LogP contribution is -2.50. The molecule has 35 heavy (non-hydrogen) atoms. The van der Waals surface area contributed by atoms with E-state index in [9.17, 15) is 18.4 Å². The lowest BCUT2D eigenvalue weighted by Gasteiger charge is -2.33. The number of anilines is 1. The molecule has 0 unspecified atom stereocenters. The number of pyridine rings is 1. The third-order valence-electron chi connectivity index (χ3n) is 6.39. The lowest BCUT2D eigenvalue weighted by molar-refractivity contribution is -0.121. The zero-order valence-electron chi connectivity index (χ0n) is 19.4. The van der Waals surface area contributed by atoms with Crippen LogP contribution in [0.1, 0.15) is 41.9 Å². The quantitative estimate of drug-likeness (QED) is 0.497. The van der Waals surface area contributed by atoms with Crippen LogP contribution in [-0.4, -0.2) is 38.5 Å². The smallest absolute Gasteiger partial charge is 0.270 e. The molecule has 2 N–H and O–H groups in total. The fourth-order valence-electron chi connectivity index (χ4n) is 4.43. The van der Waals surface area contributed by atoms with E-state index in [-0.39, 0.29) is 31.4 Å². The van der Waals surface area contributed by atoms with Crippen molar-refractivity contribution in [3.63, 3.8) is 0 Å². The number of alkyl halides is 2. The number of nitrogens with one attached hydrogen (secondary N) is 2. The molecule has 2 amide bonds. The molecule has 1 fully saturated rings. The average Bonchev–Trinajstić information content (AvgIpc) is 3.24. The average molecular weight is 502 g/mol. The maximum Gasteiger partial charge on any atom is 0.270 e. The summed E-state index contributed by atoms with van der Waals surface area (Å²) in [5, 5.41) is 10.1. The van der Waals surface area contributed by atoms with Gasteiger partial charge in [-0.15, -0.1) is 0 Å². The molecule has 0 spiro atoms. The number of rotatable bonds is 6. The molecule has 1 aromatic carbocycles. The van der Waals surface area contributed by atoms with Crippen molar-refractivity contribution in [2.45, 2.75) is 44.6 Å². The summed E-state index contributed by atoms with van der Waals surface area (Å²) < 4.78 is 28.9. The Hall–Kier alpha value is -3.33. The van der Waals surface area contributed by atoms with E-state index in [0.29, 0.717) is 10.7 Å². The van der Waals surface area contributed by atoms with Crippen molar-refractivity contribution in [2.24, 2.45) is 13.0 Å². The fraction of sp³-hybridized carbons (Fsp3) is 0.360. The van der Waals surface area contributed by atoms with Crippen LogP contribution in [0.2, 0.25) is 5.02 Å². The maximum absolute atomic E-state index is 13.7. The third kappa shape index (κ3) is 5.67. The molecule has 0 bridgehead atoms. The Morgan fingerprint density at radius 3 is 2.40 bits per heavy atom. The first-order valence-corrected chi connectivity index (χ1v) is 11.7. The van der Waals surface area contributed by atoms with Gasteiger partial charge in [-0.25, -0.2) is 8.78 Å². The maximum atomic E-state index is 13.7. The minimum absolute atomic E-state index is 0.133. The van der Waals surface area contributed by atoms with Crippen LogP contribution < -0.4 is 10.6 Å². The fourth-order valence-corrected chi connectivity index (χ4v) is 4.73. The SMILES string of the molecule is Cc1nccc(Cl)c1-c1ccc(NC(=O)[C@@H](NC(=O)c2ccnn2C)C2CCC(F)(F)CC2)cc1. The minimum atomic E-state index is -2.74. The Labute approximate surface area is 206 Å². The third-order valence-corrected chi connectivity index (χ3v) is 6.70. The van der Waals surface area contributed by atoms with Crippen molar-refractivity contribution in [2.75, 3.05) is 5.32 Å². The van der Waals surface area contributed by atoms with Gasteiger partial charge in [0.1, 0.15) is 11.7 Å². The summed E-state index contributed by atoms with van der Waals surface area (Å²) in [7, 11) is 1.61. The molecule has 10 heteroatoms. The van der Waals surface area contributed by atoms with Crippen LogP contribution in [0.15, 0.2) is 48.8 Å². The van der Waals surface area contributed by atoms with Gasteiger partial charge < -0.3 is 10.6 Å². The van der Waals surface area contributed by atoms with Gasteiger partial charge in [-0.1, -0.05) is 23.7 Å². The summed E-state index contributed by atoms with van der Waals surface area (Å²) in [6.07, 6.45) is 2.74.